The summed E-state index contributed by atoms with van der Waals surface area (Å²) in [5.41, 5.74) is 2.72. The van der Waals surface area contributed by atoms with Gasteiger partial charge in [-0.25, -0.2) is 0 Å². The van der Waals surface area contributed by atoms with E-state index in [4.69, 9.17) is 13.9 Å². The van der Waals surface area contributed by atoms with Crippen molar-refractivity contribution < 1.29 is 13.9 Å². The molecule has 134 valence electrons. The number of methoxy groups -OCH3 is 1. The maximum Gasteiger partial charge on any atom is 0.251 e. The van der Waals surface area contributed by atoms with E-state index in [2.05, 4.69) is 10.2 Å². The average Bonchev–Trinajstić information content (AvgIpc) is 3.23. The molecule has 3 aromatic carbocycles. The van der Waals surface area contributed by atoms with E-state index in [1.165, 1.54) is 0 Å². The van der Waals surface area contributed by atoms with Crippen molar-refractivity contribution in [2.45, 2.75) is 6.61 Å². The largest absolute Gasteiger partial charge is 0.496 e. The van der Waals surface area contributed by atoms with Crippen molar-refractivity contribution >= 4 is 0 Å². The molecule has 0 saturated heterocycles. The summed E-state index contributed by atoms with van der Waals surface area (Å²) in [4.78, 5) is 0. The Morgan fingerprint density at radius 3 is 2.26 bits per heavy atom. The van der Waals surface area contributed by atoms with Gasteiger partial charge in [0.05, 0.1) is 12.7 Å². The van der Waals surface area contributed by atoms with Crippen LogP contribution in [0.5, 0.6) is 11.5 Å². The highest BCUT2D eigenvalue weighted by molar-refractivity contribution is 5.64. The van der Waals surface area contributed by atoms with Crippen LogP contribution < -0.4 is 9.47 Å². The molecule has 1 heterocycles. The Labute approximate surface area is 157 Å². The van der Waals surface area contributed by atoms with Gasteiger partial charge in [-0.15, -0.1) is 10.2 Å². The number of nitrogens with zero attached hydrogens (tertiary/aromatic N) is 2. The predicted molar refractivity (Wildman–Crippen MR) is 102 cm³/mol. The van der Waals surface area contributed by atoms with Crippen LogP contribution in [0.1, 0.15) is 5.56 Å². The van der Waals surface area contributed by atoms with Crippen molar-refractivity contribution in [1.29, 1.82) is 0 Å². The van der Waals surface area contributed by atoms with Crippen LogP contribution in [0.2, 0.25) is 0 Å². The summed E-state index contributed by atoms with van der Waals surface area (Å²) in [6, 6.07) is 25.2. The first-order chi connectivity index (χ1) is 13.3. The molecule has 4 aromatic rings. The van der Waals surface area contributed by atoms with E-state index < -0.39 is 0 Å². The maximum atomic E-state index is 5.82. The molecule has 0 bridgehead atoms. The van der Waals surface area contributed by atoms with E-state index in [0.29, 0.717) is 24.1 Å². The molecule has 0 aliphatic carbocycles. The highest BCUT2D eigenvalue weighted by atomic mass is 16.5. The van der Waals surface area contributed by atoms with E-state index >= 15 is 0 Å². The Morgan fingerprint density at radius 1 is 0.778 bits per heavy atom. The number of para-hydroxylation sites is 1. The fourth-order valence-electron chi connectivity index (χ4n) is 2.70. The molecule has 1 aromatic heterocycles. The number of hydrogen-bond acceptors (Lipinski definition) is 5. The molecule has 0 amide bonds. The number of aromatic nitrogens is 2. The number of benzene rings is 3. The second-order valence-corrected chi connectivity index (χ2v) is 5.91. The zero-order chi connectivity index (χ0) is 18.5. The van der Waals surface area contributed by atoms with E-state index in [0.717, 1.165) is 22.4 Å². The number of hydrogen-bond donors (Lipinski definition) is 0. The van der Waals surface area contributed by atoms with Gasteiger partial charge in [-0.05, 0) is 42.0 Å². The van der Waals surface area contributed by atoms with Crippen LogP contribution in [0.15, 0.2) is 83.3 Å². The van der Waals surface area contributed by atoms with Gasteiger partial charge in [0, 0.05) is 5.56 Å². The van der Waals surface area contributed by atoms with Crippen LogP contribution in [0.25, 0.3) is 22.9 Å². The van der Waals surface area contributed by atoms with Gasteiger partial charge in [-0.2, -0.15) is 0 Å². The zero-order valence-corrected chi connectivity index (χ0v) is 14.8. The molecular formula is C22H18N2O3. The third-order valence-corrected chi connectivity index (χ3v) is 4.11. The fraction of sp³-hybridized carbons (Fsp3) is 0.0909. The van der Waals surface area contributed by atoms with Crippen molar-refractivity contribution in [3.63, 3.8) is 0 Å². The van der Waals surface area contributed by atoms with Crippen molar-refractivity contribution in [2.75, 3.05) is 7.11 Å². The Balaban J connectivity index is 1.49. The lowest BCUT2D eigenvalue weighted by Crippen LogP contribution is -1.94. The van der Waals surface area contributed by atoms with Crippen molar-refractivity contribution in [3.8, 4) is 34.4 Å². The lowest BCUT2D eigenvalue weighted by atomic mass is 10.2. The van der Waals surface area contributed by atoms with E-state index in [9.17, 15) is 0 Å². The minimum Gasteiger partial charge on any atom is -0.496 e. The molecule has 0 unspecified atom stereocenters. The molecule has 0 atom stereocenters. The van der Waals surface area contributed by atoms with Crippen LogP contribution >= 0.6 is 0 Å². The molecule has 5 heteroatoms. The van der Waals surface area contributed by atoms with Gasteiger partial charge < -0.3 is 13.9 Å². The molecule has 0 spiro atoms. The monoisotopic (exact) mass is 358 g/mol. The smallest absolute Gasteiger partial charge is 0.251 e. The third-order valence-electron chi connectivity index (χ3n) is 4.11. The molecule has 4 rings (SSSR count). The number of ether oxygens (including phenoxy) is 2. The Bertz CT molecular complexity index is 1010. The lowest BCUT2D eigenvalue weighted by Gasteiger charge is -2.06. The van der Waals surface area contributed by atoms with Gasteiger partial charge in [0.15, 0.2) is 0 Å². The van der Waals surface area contributed by atoms with Crippen LogP contribution in [0, 0.1) is 0 Å². The van der Waals surface area contributed by atoms with E-state index in [1.807, 2.05) is 78.9 Å². The molecule has 27 heavy (non-hydrogen) atoms. The first kappa shape index (κ1) is 16.8. The fourth-order valence-corrected chi connectivity index (χ4v) is 2.70. The van der Waals surface area contributed by atoms with Gasteiger partial charge in [0.1, 0.15) is 18.1 Å². The Hall–Kier alpha value is -3.60. The first-order valence-electron chi connectivity index (χ1n) is 8.57. The first-order valence-corrected chi connectivity index (χ1v) is 8.57. The summed E-state index contributed by atoms with van der Waals surface area (Å²) >= 11 is 0. The van der Waals surface area contributed by atoms with Crippen molar-refractivity contribution in [2.24, 2.45) is 0 Å². The van der Waals surface area contributed by atoms with Crippen molar-refractivity contribution in [1.82, 2.24) is 10.2 Å². The van der Waals surface area contributed by atoms with Gasteiger partial charge in [-0.1, -0.05) is 42.5 Å². The normalized spacial score (nSPS) is 10.6. The third kappa shape index (κ3) is 3.82. The average molecular weight is 358 g/mol. The van der Waals surface area contributed by atoms with E-state index in [-0.39, 0.29) is 0 Å². The van der Waals surface area contributed by atoms with Gasteiger partial charge in [0.2, 0.25) is 5.89 Å². The summed E-state index contributed by atoms with van der Waals surface area (Å²) < 4.78 is 17.0. The van der Waals surface area contributed by atoms with Crippen LogP contribution in [-0.4, -0.2) is 17.3 Å². The highest BCUT2D eigenvalue weighted by Crippen LogP contribution is 2.31. The second kappa shape index (κ2) is 7.74. The topological polar surface area (TPSA) is 57.4 Å². The van der Waals surface area contributed by atoms with Gasteiger partial charge in [0.25, 0.3) is 5.89 Å². The molecule has 0 fully saturated rings. The van der Waals surface area contributed by atoms with Crippen molar-refractivity contribution in [3.05, 3.63) is 84.4 Å². The Morgan fingerprint density at radius 2 is 1.48 bits per heavy atom. The molecular weight excluding hydrogens is 340 g/mol. The molecule has 0 radical (unpaired) electrons. The highest BCUT2D eigenvalue weighted by Gasteiger charge is 2.14. The molecule has 0 aliphatic rings. The summed E-state index contributed by atoms with van der Waals surface area (Å²) in [5.74, 6) is 2.35. The Kier molecular flexibility index (Phi) is 4.83. The minimum atomic E-state index is 0.423. The van der Waals surface area contributed by atoms with E-state index in [1.54, 1.807) is 7.11 Å². The molecule has 5 nitrogen and oxygen atoms in total. The minimum absolute atomic E-state index is 0.423. The SMILES string of the molecule is COc1ccccc1-c1nnc(-c2ccc(OCc3ccccc3)cc2)o1. The number of rotatable bonds is 6. The maximum absolute atomic E-state index is 5.82. The lowest BCUT2D eigenvalue weighted by molar-refractivity contribution is 0.306. The summed E-state index contributed by atoms with van der Waals surface area (Å²) in [6.45, 7) is 0.526. The quantitative estimate of drug-likeness (QED) is 0.486. The van der Waals surface area contributed by atoms with Crippen LogP contribution in [0.4, 0.5) is 0 Å². The predicted octanol–water partition coefficient (Wildman–Crippen LogP) is 4.99. The molecule has 0 saturated carbocycles. The van der Waals surface area contributed by atoms with Gasteiger partial charge in [-0.3, -0.25) is 0 Å². The van der Waals surface area contributed by atoms with Crippen LogP contribution in [-0.2, 0) is 6.61 Å². The van der Waals surface area contributed by atoms with Crippen LogP contribution in [0.3, 0.4) is 0 Å². The summed E-state index contributed by atoms with van der Waals surface area (Å²) in [7, 11) is 1.62. The molecule has 0 N–H and O–H groups in total. The molecule has 0 aliphatic heterocycles. The van der Waals surface area contributed by atoms with Gasteiger partial charge >= 0.3 is 0 Å². The standard InChI is InChI=1S/C22H18N2O3/c1-25-20-10-6-5-9-19(20)22-24-23-21(27-22)17-11-13-18(14-12-17)26-15-16-7-3-2-4-8-16/h2-14H,15H2,1H3. The second-order valence-electron chi connectivity index (χ2n) is 5.91. The zero-order valence-electron chi connectivity index (χ0n) is 14.8. The summed E-state index contributed by atoms with van der Waals surface area (Å²) in [5, 5.41) is 8.29. The summed E-state index contributed by atoms with van der Waals surface area (Å²) in [6.07, 6.45) is 0.